The van der Waals surface area contributed by atoms with Gasteiger partial charge in [0.25, 0.3) is 0 Å². The summed E-state index contributed by atoms with van der Waals surface area (Å²) in [7, 11) is 0. The highest BCUT2D eigenvalue weighted by molar-refractivity contribution is 6.07. The van der Waals surface area contributed by atoms with Crippen LogP contribution in [0.2, 0.25) is 0 Å². The lowest BCUT2D eigenvalue weighted by Crippen LogP contribution is -2.38. The standard InChI is InChI=1S/C26H34O8/c1-7(2)11-9(5)13(19(27)17-15(11)21(29)25(33)23(17)31)14-10(6)12(8(3)4)16-18(20(14)28)24(32)26(34)22(16)30/h7-8,11-12,19-22,25-30,33-34H,1-6H3/t11-,12+,19+,20-,21+,22-,25-,26-/m1/s1. The second kappa shape index (κ2) is 8.33. The maximum Gasteiger partial charge on any atom is 0.193 e. The van der Waals surface area contributed by atoms with Crippen molar-refractivity contribution < 1.29 is 40.2 Å². The van der Waals surface area contributed by atoms with Gasteiger partial charge in [0.2, 0.25) is 0 Å². The first-order valence-corrected chi connectivity index (χ1v) is 11.8. The van der Waals surface area contributed by atoms with E-state index in [-0.39, 0.29) is 34.1 Å². The molecule has 8 nitrogen and oxygen atoms in total. The number of aliphatic hydroxyl groups is 6. The Bertz CT molecular complexity index is 1000. The number of rotatable bonds is 3. The Kier molecular flexibility index (Phi) is 6.16. The highest BCUT2D eigenvalue weighted by atomic mass is 16.3. The first-order valence-electron chi connectivity index (χ1n) is 11.8. The van der Waals surface area contributed by atoms with Crippen LogP contribution in [0.15, 0.2) is 44.6 Å². The molecule has 0 fully saturated rings. The van der Waals surface area contributed by atoms with E-state index in [2.05, 4.69) is 0 Å². The Morgan fingerprint density at radius 2 is 0.824 bits per heavy atom. The highest BCUT2D eigenvalue weighted by Gasteiger charge is 2.54. The van der Waals surface area contributed by atoms with E-state index in [0.717, 1.165) is 0 Å². The summed E-state index contributed by atoms with van der Waals surface area (Å²) in [5, 5.41) is 64.7. The Morgan fingerprint density at radius 3 is 1.09 bits per heavy atom. The number of Topliss-reactive ketones (excluding diaryl/α,β-unsaturated/α-hetero) is 2. The fourth-order valence-electron chi connectivity index (χ4n) is 6.80. The van der Waals surface area contributed by atoms with Gasteiger partial charge in [-0.3, -0.25) is 9.59 Å². The molecule has 186 valence electrons. The fourth-order valence-corrected chi connectivity index (χ4v) is 6.80. The van der Waals surface area contributed by atoms with Crippen molar-refractivity contribution in [1.29, 1.82) is 0 Å². The van der Waals surface area contributed by atoms with Gasteiger partial charge < -0.3 is 30.6 Å². The molecule has 0 heterocycles. The van der Waals surface area contributed by atoms with Crippen molar-refractivity contribution in [2.75, 3.05) is 0 Å². The van der Waals surface area contributed by atoms with Crippen molar-refractivity contribution in [1.82, 2.24) is 0 Å². The minimum Gasteiger partial charge on any atom is -0.385 e. The average molecular weight is 475 g/mol. The maximum atomic E-state index is 12.9. The van der Waals surface area contributed by atoms with Crippen LogP contribution in [0.25, 0.3) is 0 Å². The molecule has 4 aliphatic rings. The predicted octanol–water partition coefficient (Wildman–Crippen LogP) is 0.115. The van der Waals surface area contributed by atoms with Crippen LogP contribution in [0.4, 0.5) is 0 Å². The molecule has 0 aromatic rings. The number of hydrogen-bond acceptors (Lipinski definition) is 8. The summed E-state index contributed by atoms with van der Waals surface area (Å²) in [6, 6.07) is 0. The van der Waals surface area contributed by atoms with Crippen molar-refractivity contribution in [3.05, 3.63) is 44.6 Å². The monoisotopic (exact) mass is 474 g/mol. The van der Waals surface area contributed by atoms with Gasteiger partial charge in [0, 0.05) is 23.0 Å². The van der Waals surface area contributed by atoms with E-state index in [9.17, 15) is 40.2 Å². The normalized spacial score (nSPS) is 38.8. The number of carbonyl (C=O) groups is 2. The summed E-state index contributed by atoms with van der Waals surface area (Å²) in [5.74, 6) is -2.65. The molecule has 4 rings (SSSR count). The zero-order chi connectivity index (χ0) is 25.5. The van der Waals surface area contributed by atoms with E-state index < -0.39 is 60.0 Å². The molecule has 34 heavy (non-hydrogen) atoms. The molecular formula is C26H34O8. The molecule has 6 N–H and O–H groups in total. The van der Waals surface area contributed by atoms with Gasteiger partial charge in [0.05, 0.1) is 0 Å². The van der Waals surface area contributed by atoms with Gasteiger partial charge in [0.1, 0.15) is 36.6 Å². The predicted molar refractivity (Wildman–Crippen MR) is 122 cm³/mol. The molecule has 0 bridgehead atoms. The van der Waals surface area contributed by atoms with Gasteiger partial charge in [-0.15, -0.1) is 0 Å². The second-order valence-electron chi connectivity index (χ2n) is 10.7. The Labute approximate surface area is 198 Å². The minimum absolute atomic E-state index is 0.0644. The second-order valence-corrected chi connectivity index (χ2v) is 10.7. The van der Waals surface area contributed by atoms with Gasteiger partial charge >= 0.3 is 0 Å². The molecule has 8 atom stereocenters. The molecule has 0 saturated carbocycles. The van der Waals surface area contributed by atoms with Crippen molar-refractivity contribution >= 4 is 11.6 Å². The van der Waals surface area contributed by atoms with Crippen molar-refractivity contribution in [2.45, 2.75) is 78.2 Å². The minimum atomic E-state index is -1.67. The average Bonchev–Trinajstić information content (AvgIpc) is 3.10. The van der Waals surface area contributed by atoms with Crippen LogP contribution in [-0.2, 0) is 9.59 Å². The quantitative estimate of drug-likeness (QED) is 0.337. The lowest BCUT2D eigenvalue weighted by Gasteiger charge is -2.41. The van der Waals surface area contributed by atoms with Crippen LogP contribution < -0.4 is 0 Å². The number of hydrogen-bond donors (Lipinski definition) is 6. The molecule has 0 radical (unpaired) electrons. The van der Waals surface area contributed by atoms with Gasteiger partial charge in [-0.1, -0.05) is 38.8 Å². The SMILES string of the molecule is CC1=C(C2=C(C)[C@H](C(C)C)C3=C(C(=O)[C@H](O)[C@@H]3O)[C@@H]2O)[C@H](O)C2=C([C@@H]1C(C)C)[C@H](O)[C@@H](O)C2=O. The van der Waals surface area contributed by atoms with Crippen LogP contribution in [0.1, 0.15) is 41.5 Å². The molecule has 0 amide bonds. The largest absolute Gasteiger partial charge is 0.385 e. The fraction of sp³-hybridized carbons (Fsp3) is 0.615. The third kappa shape index (κ3) is 3.13. The van der Waals surface area contributed by atoms with Crippen LogP contribution in [-0.4, -0.2) is 78.8 Å². The molecule has 0 aliphatic heterocycles. The Morgan fingerprint density at radius 1 is 0.529 bits per heavy atom. The molecule has 0 spiro atoms. The van der Waals surface area contributed by atoms with Crippen LogP contribution in [0.5, 0.6) is 0 Å². The molecule has 0 aromatic heterocycles. The summed E-state index contributed by atoms with van der Waals surface area (Å²) in [6.07, 6.45) is -9.20. The van der Waals surface area contributed by atoms with Gasteiger partial charge in [0.15, 0.2) is 11.6 Å². The molecule has 0 aromatic carbocycles. The van der Waals surface area contributed by atoms with Crippen molar-refractivity contribution in [3.8, 4) is 0 Å². The van der Waals surface area contributed by atoms with Crippen LogP contribution in [0, 0.1) is 23.7 Å². The molecule has 0 unspecified atom stereocenters. The first kappa shape index (κ1) is 25.2. The van der Waals surface area contributed by atoms with E-state index in [1.807, 2.05) is 27.7 Å². The molecule has 0 saturated heterocycles. The van der Waals surface area contributed by atoms with E-state index in [1.165, 1.54) is 0 Å². The summed E-state index contributed by atoms with van der Waals surface area (Å²) in [5.41, 5.74) is 2.31. The Balaban J connectivity index is 1.96. The summed E-state index contributed by atoms with van der Waals surface area (Å²) >= 11 is 0. The lowest BCUT2D eigenvalue weighted by atomic mass is 9.65. The van der Waals surface area contributed by atoms with Gasteiger partial charge in [-0.25, -0.2) is 0 Å². The summed E-state index contributed by atoms with van der Waals surface area (Å²) < 4.78 is 0. The van der Waals surface area contributed by atoms with Crippen molar-refractivity contribution in [3.63, 3.8) is 0 Å². The van der Waals surface area contributed by atoms with Crippen molar-refractivity contribution in [2.24, 2.45) is 23.7 Å². The summed E-state index contributed by atoms with van der Waals surface area (Å²) in [4.78, 5) is 25.7. The molecule has 4 aliphatic carbocycles. The topological polar surface area (TPSA) is 156 Å². The first-order chi connectivity index (χ1) is 15.7. The zero-order valence-corrected chi connectivity index (χ0v) is 20.3. The smallest absolute Gasteiger partial charge is 0.193 e. The zero-order valence-electron chi connectivity index (χ0n) is 20.3. The number of aliphatic hydroxyl groups excluding tert-OH is 6. The van der Waals surface area contributed by atoms with Gasteiger partial charge in [-0.2, -0.15) is 0 Å². The maximum absolute atomic E-state index is 12.9. The third-order valence-corrected chi connectivity index (χ3v) is 8.10. The summed E-state index contributed by atoms with van der Waals surface area (Å²) in [6.45, 7) is 11.1. The lowest BCUT2D eigenvalue weighted by molar-refractivity contribution is -0.126. The van der Waals surface area contributed by atoms with E-state index >= 15 is 0 Å². The van der Waals surface area contributed by atoms with E-state index in [4.69, 9.17) is 0 Å². The molecule has 8 heteroatoms. The number of ketones is 2. The van der Waals surface area contributed by atoms with Crippen LogP contribution in [0.3, 0.4) is 0 Å². The van der Waals surface area contributed by atoms with E-state index in [1.54, 1.807) is 13.8 Å². The number of carbonyl (C=O) groups excluding carboxylic acids is 2. The highest BCUT2D eigenvalue weighted by Crippen LogP contribution is 2.52. The number of allylic oxidation sites excluding steroid dienone is 2. The van der Waals surface area contributed by atoms with Gasteiger partial charge in [-0.05, 0) is 48.0 Å². The van der Waals surface area contributed by atoms with Crippen LogP contribution >= 0.6 is 0 Å². The van der Waals surface area contributed by atoms with E-state index in [0.29, 0.717) is 22.3 Å². The third-order valence-electron chi connectivity index (χ3n) is 8.10. The Hall–Kier alpha value is -1.94. The molecular weight excluding hydrogens is 440 g/mol.